The second-order valence-electron chi connectivity index (χ2n) is 7.82. The van der Waals surface area contributed by atoms with Crippen LogP contribution in [0.4, 0.5) is 4.79 Å². The van der Waals surface area contributed by atoms with Crippen LogP contribution in [0.3, 0.4) is 0 Å². The number of ether oxygens (including phenoxy) is 5. The Morgan fingerprint density at radius 2 is 2.00 bits per heavy atom. The summed E-state index contributed by atoms with van der Waals surface area (Å²) in [6.45, 7) is 9.57. The molecular weight excluding hydrogens is 304 g/mol. The highest BCUT2D eigenvalue weighted by atomic mass is 16.8. The average molecular weight is 330 g/mol. The molecule has 3 rings (SSSR count). The molecule has 0 spiro atoms. The Morgan fingerprint density at radius 3 is 2.65 bits per heavy atom. The van der Waals surface area contributed by atoms with Gasteiger partial charge < -0.3 is 34.7 Å². The largest absolute Gasteiger partial charge is 0.444 e. The van der Waals surface area contributed by atoms with Crippen molar-refractivity contribution in [1.82, 2.24) is 5.32 Å². The summed E-state index contributed by atoms with van der Waals surface area (Å²) in [5, 5.41) is 2.74. The molecule has 0 aromatic rings. The number of hydrogen-bond acceptors (Lipinski definition) is 7. The van der Waals surface area contributed by atoms with Gasteiger partial charge in [-0.15, -0.1) is 0 Å². The molecule has 3 N–H and O–H groups in total. The van der Waals surface area contributed by atoms with Crippen molar-refractivity contribution in [2.45, 2.75) is 76.1 Å². The normalized spacial score (nSPS) is 41.5. The molecule has 2 unspecified atom stereocenters. The van der Waals surface area contributed by atoms with Gasteiger partial charge in [-0.1, -0.05) is 0 Å². The smallest absolute Gasteiger partial charge is 0.407 e. The maximum absolute atomic E-state index is 11.9. The zero-order valence-corrected chi connectivity index (χ0v) is 14.3. The van der Waals surface area contributed by atoms with Gasteiger partial charge in [-0.2, -0.15) is 0 Å². The molecule has 0 aromatic carbocycles. The van der Waals surface area contributed by atoms with Crippen molar-refractivity contribution in [3.05, 3.63) is 0 Å². The zero-order chi connectivity index (χ0) is 17.0. The quantitative estimate of drug-likeness (QED) is 0.759. The van der Waals surface area contributed by atoms with Crippen molar-refractivity contribution >= 4 is 6.09 Å². The predicted molar refractivity (Wildman–Crippen MR) is 79.6 cm³/mol. The molecule has 8 heteroatoms. The summed E-state index contributed by atoms with van der Waals surface area (Å²) in [7, 11) is 0. The zero-order valence-electron chi connectivity index (χ0n) is 14.3. The molecule has 3 aliphatic heterocycles. The second-order valence-corrected chi connectivity index (χ2v) is 7.82. The van der Waals surface area contributed by atoms with E-state index in [-0.39, 0.29) is 19.3 Å². The number of carbonyl (C=O) groups is 1. The summed E-state index contributed by atoms with van der Waals surface area (Å²) in [5.74, 6) is -0.750. The fraction of sp³-hybridized carbons (Fsp3) is 0.933. The molecule has 0 aromatic heterocycles. The van der Waals surface area contributed by atoms with Crippen LogP contribution in [0.15, 0.2) is 0 Å². The molecule has 3 aliphatic rings. The highest BCUT2D eigenvalue weighted by molar-refractivity contribution is 5.67. The van der Waals surface area contributed by atoms with Crippen LogP contribution in [-0.4, -0.2) is 60.8 Å². The molecule has 1 amide bonds. The number of nitrogens with one attached hydrogen (secondary N) is 1. The fourth-order valence-electron chi connectivity index (χ4n) is 3.22. The first-order valence-corrected chi connectivity index (χ1v) is 7.89. The van der Waals surface area contributed by atoms with E-state index in [9.17, 15) is 4.79 Å². The third kappa shape index (κ3) is 3.18. The number of fused-ring (bicyclic) bond motifs is 4. The Hall–Kier alpha value is -0.930. The summed E-state index contributed by atoms with van der Waals surface area (Å²) in [5.41, 5.74) is 4.76. The number of carbonyl (C=O) groups excluding carboxylic acids is 1. The summed E-state index contributed by atoms with van der Waals surface area (Å²) < 4.78 is 28.8. The maximum Gasteiger partial charge on any atom is 0.407 e. The Labute approximate surface area is 135 Å². The van der Waals surface area contributed by atoms with Crippen molar-refractivity contribution in [2.24, 2.45) is 5.73 Å². The van der Waals surface area contributed by atoms with Gasteiger partial charge in [-0.05, 0) is 34.6 Å². The highest BCUT2D eigenvalue weighted by Crippen LogP contribution is 2.45. The summed E-state index contributed by atoms with van der Waals surface area (Å²) >= 11 is 0. The van der Waals surface area contributed by atoms with Crippen LogP contribution in [0.1, 0.15) is 34.6 Å². The van der Waals surface area contributed by atoms with Crippen LogP contribution in [-0.2, 0) is 23.7 Å². The van der Waals surface area contributed by atoms with Gasteiger partial charge in [-0.25, -0.2) is 4.79 Å². The standard InChI is InChI=1S/C15H26N2O6/c1-13(2,3)23-12(18)17-6-15-7-19-11(22-15)8(16)9-10(15)21-14(4,5)20-9/h8-11H,6-7,16H2,1-5H3,(H,17,18)/t8-,9-,10-,11?,15?/m1/s1. The lowest BCUT2D eigenvalue weighted by Crippen LogP contribution is -2.65. The Balaban J connectivity index is 1.71. The minimum absolute atomic E-state index is 0.200. The van der Waals surface area contributed by atoms with Crippen molar-refractivity contribution in [3.8, 4) is 0 Å². The molecule has 23 heavy (non-hydrogen) atoms. The van der Waals surface area contributed by atoms with Gasteiger partial charge in [0.15, 0.2) is 12.1 Å². The maximum atomic E-state index is 11.9. The topological polar surface area (TPSA) is 101 Å². The van der Waals surface area contributed by atoms with Crippen LogP contribution in [0.25, 0.3) is 0 Å². The van der Waals surface area contributed by atoms with Gasteiger partial charge in [0.05, 0.1) is 19.2 Å². The van der Waals surface area contributed by atoms with Crippen molar-refractivity contribution in [1.29, 1.82) is 0 Å². The van der Waals surface area contributed by atoms with E-state index in [1.54, 1.807) is 0 Å². The van der Waals surface area contributed by atoms with Crippen molar-refractivity contribution in [2.75, 3.05) is 13.2 Å². The molecule has 2 bridgehead atoms. The first-order valence-electron chi connectivity index (χ1n) is 7.89. The number of alkyl carbamates (subject to hydrolysis) is 1. The first-order chi connectivity index (χ1) is 10.5. The van der Waals surface area contributed by atoms with E-state index in [1.165, 1.54) is 0 Å². The molecule has 5 atom stereocenters. The Kier molecular flexibility index (Phi) is 3.89. The first kappa shape index (κ1) is 16.9. The summed E-state index contributed by atoms with van der Waals surface area (Å²) in [4.78, 5) is 11.9. The van der Waals surface area contributed by atoms with Crippen LogP contribution in [0.5, 0.6) is 0 Å². The van der Waals surface area contributed by atoms with Crippen molar-refractivity contribution in [3.63, 3.8) is 0 Å². The lowest BCUT2D eigenvalue weighted by molar-refractivity contribution is -0.190. The molecule has 3 fully saturated rings. The monoisotopic (exact) mass is 330 g/mol. The van der Waals surface area contributed by atoms with Crippen LogP contribution >= 0.6 is 0 Å². The minimum atomic E-state index is -0.824. The molecule has 0 aliphatic carbocycles. The lowest BCUT2D eigenvalue weighted by Gasteiger charge is -2.41. The van der Waals surface area contributed by atoms with E-state index in [0.717, 1.165) is 0 Å². The molecule has 0 radical (unpaired) electrons. The van der Waals surface area contributed by atoms with E-state index in [1.807, 2.05) is 34.6 Å². The summed E-state index contributed by atoms with van der Waals surface area (Å²) in [6, 6.07) is -0.432. The van der Waals surface area contributed by atoms with Crippen molar-refractivity contribution < 1.29 is 28.5 Å². The Bertz CT molecular complexity index is 491. The SMILES string of the molecule is CC(C)(C)OC(=O)NCC12COC(O1)[C@H](N)[C@H]1OC(C)(C)O[C@H]12. The summed E-state index contributed by atoms with van der Waals surface area (Å²) in [6.07, 6.45) is -1.83. The number of amides is 1. The Morgan fingerprint density at radius 1 is 1.30 bits per heavy atom. The van der Waals surface area contributed by atoms with E-state index in [4.69, 9.17) is 29.4 Å². The molecular formula is C15H26N2O6. The molecule has 3 heterocycles. The minimum Gasteiger partial charge on any atom is -0.444 e. The molecule has 8 nitrogen and oxygen atoms in total. The van der Waals surface area contributed by atoms with E-state index in [2.05, 4.69) is 5.32 Å². The third-order valence-corrected chi connectivity index (χ3v) is 4.11. The molecule has 0 saturated carbocycles. The van der Waals surface area contributed by atoms with Gasteiger partial charge >= 0.3 is 6.09 Å². The molecule has 132 valence electrons. The van der Waals surface area contributed by atoms with Gasteiger partial charge in [-0.3, -0.25) is 0 Å². The van der Waals surface area contributed by atoms with Gasteiger partial charge in [0.25, 0.3) is 0 Å². The van der Waals surface area contributed by atoms with E-state index >= 15 is 0 Å². The number of rotatable bonds is 2. The van der Waals surface area contributed by atoms with Crippen LogP contribution < -0.4 is 11.1 Å². The number of nitrogens with two attached hydrogens (primary N) is 1. The molecule has 3 saturated heterocycles. The average Bonchev–Trinajstić information content (AvgIpc) is 2.93. The predicted octanol–water partition coefficient (Wildman–Crippen LogP) is 0.484. The number of hydrogen-bond donors (Lipinski definition) is 2. The lowest BCUT2D eigenvalue weighted by atomic mass is 9.88. The van der Waals surface area contributed by atoms with Gasteiger partial charge in [0, 0.05) is 0 Å². The van der Waals surface area contributed by atoms with E-state index < -0.39 is 41.5 Å². The second kappa shape index (κ2) is 5.29. The fourth-order valence-corrected chi connectivity index (χ4v) is 3.22. The highest BCUT2D eigenvalue weighted by Gasteiger charge is 2.65. The van der Waals surface area contributed by atoms with Crippen LogP contribution in [0, 0.1) is 0 Å². The third-order valence-electron chi connectivity index (χ3n) is 4.11. The van der Waals surface area contributed by atoms with Gasteiger partial charge in [0.1, 0.15) is 23.4 Å². The van der Waals surface area contributed by atoms with Gasteiger partial charge in [0.2, 0.25) is 0 Å². The van der Waals surface area contributed by atoms with Crippen LogP contribution in [0.2, 0.25) is 0 Å². The van der Waals surface area contributed by atoms with E-state index in [0.29, 0.717) is 0 Å².